The molecule has 0 aromatic carbocycles. The summed E-state index contributed by atoms with van der Waals surface area (Å²) in [4.78, 5) is 0. The van der Waals surface area contributed by atoms with Crippen LogP contribution in [0.4, 0.5) is 0 Å². The molecule has 0 aromatic rings. The van der Waals surface area contributed by atoms with Crippen molar-refractivity contribution in [1.82, 2.24) is 0 Å². The van der Waals surface area contributed by atoms with E-state index in [9.17, 15) is 10.2 Å². The molecule has 1 heterocycles. The number of aliphatic hydroxyl groups excluding tert-OH is 1. The lowest BCUT2D eigenvalue weighted by Gasteiger charge is -2.58. The number of allylic oxidation sites excluding steroid dienone is 1. The van der Waals surface area contributed by atoms with Crippen molar-refractivity contribution in [2.75, 3.05) is 0 Å². The minimum atomic E-state index is -1.13. The molecular weight excluding hydrogens is 372 g/mol. The van der Waals surface area contributed by atoms with Crippen LogP contribution in [-0.2, 0) is 4.74 Å². The summed E-state index contributed by atoms with van der Waals surface area (Å²) >= 11 is 0. The Labute approximate surface area is 183 Å². The molecule has 4 fully saturated rings. The highest BCUT2D eigenvalue weighted by molar-refractivity contribution is 5.34. The Kier molecular flexibility index (Phi) is 5.05. The first kappa shape index (κ1) is 21.5. The third kappa shape index (κ3) is 2.80. The zero-order chi connectivity index (χ0) is 21.5. The van der Waals surface area contributed by atoms with Gasteiger partial charge in [0.05, 0.1) is 6.10 Å². The lowest BCUT2D eigenvalue weighted by molar-refractivity contribution is -0.140. The van der Waals surface area contributed by atoms with Crippen LogP contribution in [0, 0.1) is 46.3 Å². The maximum Gasteiger partial charge on any atom is 0.205 e. The zero-order valence-electron chi connectivity index (χ0n) is 19.9. The van der Waals surface area contributed by atoms with Crippen LogP contribution in [0.5, 0.6) is 0 Å². The minimum absolute atomic E-state index is 0.303. The zero-order valence-corrected chi connectivity index (χ0v) is 19.9. The average Bonchev–Trinajstić information content (AvgIpc) is 3.27. The van der Waals surface area contributed by atoms with Crippen molar-refractivity contribution in [3.05, 3.63) is 11.6 Å². The lowest BCUT2D eigenvalue weighted by atomic mass is 9.46. The highest BCUT2D eigenvalue weighted by atomic mass is 16.7. The molecule has 5 aliphatic rings. The first-order valence-electron chi connectivity index (χ1n) is 12.9. The number of rotatable bonds is 5. The van der Waals surface area contributed by atoms with E-state index in [1.165, 1.54) is 50.5 Å². The molecule has 30 heavy (non-hydrogen) atoms. The van der Waals surface area contributed by atoms with Crippen LogP contribution < -0.4 is 0 Å². The third-order valence-electron chi connectivity index (χ3n) is 10.8. The van der Waals surface area contributed by atoms with E-state index in [0.29, 0.717) is 23.7 Å². The van der Waals surface area contributed by atoms with Crippen molar-refractivity contribution in [2.24, 2.45) is 46.3 Å². The molecular formula is C27H44O3. The van der Waals surface area contributed by atoms with Crippen molar-refractivity contribution in [2.45, 2.75) is 110 Å². The SMILES string of the molecule is CC(C)CCC[C@@H](C)[C@H]1CC[C@H]2[C@@H]3CC=C4C[C@H](O)C5OC5(O)[C@]4(C)[C@H]3CC[C@]12C. The summed E-state index contributed by atoms with van der Waals surface area (Å²) in [6.45, 7) is 12.1. The molecule has 0 bridgehead atoms. The number of ether oxygens (including phenoxy) is 1. The summed E-state index contributed by atoms with van der Waals surface area (Å²) in [5.74, 6) is 3.30. The maximum atomic E-state index is 11.4. The molecule has 2 N–H and O–H groups in total. The molecule has 4 aliphatic carbocycles. The maximum absolute atomic E-state index is 11.4. The van der Waals surface area contributed by atoms with E-state index in [-0.39, 0.29) is 11.5 Å². The Balaban J connectivity index is 1.37. The molecule has 0 aromatic heterocycles. The van der Waals surface area contributed by atoms with E-state index in [0.717, 1.165) is 30.1 Å². The van der Waals surface area contributed by atoms with Gasteiger partial charge in [0.25, 0.3) is 0 Å². The summed E-state index contributed by atoms with van der Waals surface area (Å²) in [6, 6.07) is 0. The molecule has 2 unspecified atom stereocenters. The van der Waals surface area contributed by atoms with Crippen LogP contribution in [0.15, 0.2) is 11.6 Å². The van der Waals surface area contributed by atoms with Gasteiger partial charge in [-0.05, 0) is 79.4 Å². The first-order chi connectivity index (χ1) is 14.1. The second-order valence-electron chi connectivity index (χ2n) is 12.6. The minimum Gasteiger partial charge on any atom is -0.390 e. The molecule has 1 saturated heterocycles. The van der Waals surface area contributed by atoms with Gasteiger partial charge in [0.15, 0.2) is 0 Å². The second-order valence-corrected chi connectivity index (χ2v) is 12.6. The number of aliphatic hydroxyl groups is 2. The molecule has 5 rings (SSSR count). The van der Waals surface area contributed by atoms with Gasteiger partial charge in [-0.2, -0.15) is 0 Å². The molecule has 3 heteroatoms. The molecule has 3 saturated carbocycles. The van der Waals surface area contributed by atoms with Crippen molar-refractivity contribution in [1.29, 1.82) is 0 Å². The Hall–Kier alpha value is -0.380. The van der Waals surface area contributed by atoms with Crippen LogP contribution in [0.2, 0.25) is 0 Å². The van der Waals surface area contributed by atoms with Gasteiger partial charge in [-0.3, -0.25) is 0 Å². The quantitative estimate of drug-likeness (QED) is 0.447. The topological polar surface area (TPSA) is 53.0 Å². The highest BCUT2D eigenvalue weighted by Gasteiger charge is 2.76. The smallest absolute Gasteiger partial charge is 0.205 e. The highest BCUT2D eigenvalue weighted by Crippen LogP contribution is 2.71. The van der Waals surface area contributed by atoms with Crippen LogP contribution in [0.1, 0.15) is 92.4 Å². The van der Waals surface area contributed by atoms with E-state index in [1.54, 1.807) is 0 Å². The second kappa shape index (κ2) is 7.06. The van der Waals surface area contributed by atoms with Crippen LogP contribution in [0.25, 0.3) is 0 Å². The first-order valence-corrected chi connectivity index (χ1v) is 12.9. The van der Waals surface area contributed by atoms with Gasteiger partial charge in [-0.15, -0.1) is 0 Å². The number of epoxide rings is 1. The van der Waals surface area contributed by atoms with E-state index in [1.807, 2.05) is 0 Å². The third-order valence-corrected chi connectivity index (χ3v) is 10.8. The number of hydrogen-bond donors (Lipinski definition) is 2. The molecule has 0 radical (unpaired) electrons. The summed E-state index contributed by atoms with van der Waals surface area (Å²) in [5, 5.41) is 21.8. The van der Waals surface area contributed by atoms with Gasteiger partial charge in [-0.25, -0.2) is 0 Å². The van der Waals surface area contributed by atoms with Gasteiger partial charge in [-0.1, -0.05) is 65.5 Å². The normalized spacial score (nSPS) is 52.7. The molecule has 1 aliphatic heterocycles. The summed E-state index contributed by atoms with van der Waals surface area (Å²) in [5.41, 5.74) is 1.43. The Morgan fingerprint density at radius 3 is 2.60 bits per heavy atom. The molecule has 0 amide bonds. The van der Waals surface area contributed by atoms with Crippen molar-refractivity contribution >= 4 is 0 Å². The predicted octanol–water partition coefficient (Wildman–Crippen LogP) is 5.70. The fourth-order valence-electron chi connectivity index (χ4n) is 9.13. The summed E-state index contributed by atoms with van der Waals surface area (Å²) in [7, 11) is 0. The fraction of sp³-hybridized carbons (Fsp3) is 0.926. The van der Waals surface area contributed by atoms with E-state index in [2.05, 4.69) is 40.7 Å². The van der Waals surface area contributed by atoms with Crippen molar-refractivity contribution in [3.63, 3.8) is 0 Å². The van der Waals surface area contributed by atoms with E-state index < -0.39 is 11.9 Å². The lowest BCUT2D eigenvalue weighted by Crippen LogP contribution is -2.58. The Morgan fingerprint density at radius 2 is 1.87 bits per heavy atom. The van der Waals surface area contributed by atoms with Crippen LogP contribution in [-0.4, -0.2) is 28.2 Å². The summed E-state index contributed by atoms with van der Waals surface area (Å²) in [6.07, 6.45) is 12.7. The predicted molar refractivity (Wildman–Crippen MR) is 120 cm³/mol. The monoisotopic (exact) mass is 416 g/mol. The number of hydrogen-bond acceptors (Lipinski definition) is 3. The fourth-order valence-corrected chi connectivity index (χ4v) is 9.13. The van der Waals surface area contributed by atoms with Gasteiger partial charge >= 0.3 is 0 Å². The van der Waals surface area contributed by atoms with Gasteiger partial charge < -0.3 is 14.9 Å². The molecule has 10 atom stereocenters. The van der Waals surface area contributed by atoms with Gasteiger partial charge in [0, 0.05) is 5.41 Å². The Morgan fingerprint density at radius 1 is 1.10 bits per heavy atom. The van der Waals surface area contributed by atoms with E-state index >= 15 is 0 Å². The van der Waals surface area contributed by atoms with Crippen LogP contribution >= 0.6 is 0 Å². The van der Waals surface area contributed by atoms with Gasteiger partial charge in [0.2, 0.25) is 5.79 Å². The largest absolute Gasteiger partial charge is 0.390 e. The van der Waals surface area contributed by atoms with E-state index in [4.69, 9.17) is 4.74 Å². The Bertz CT molecular complexity index is 715. The van der Waals surface area contributed by atoms with Crippen LogP contribution in [0.3, 0.4) is 0 Å². The van der Waals surface area contributed by atoms with Crippen molar-refractivity contribution < 1.29 is 14.9 Å². The van der Waals surface area contributed by atoms with Gasteiger partial charge in [0.1, 0.15) is 6.10 Å². The molecule has 3 nitrogen and oxygen atoms in total. The molecule has 170 valence electrons. The average molecular weight is 417 g/mol. The van der Waals surface area contributed by atoms with Crippen molar-refractivity contribution in [3.8, 4) is 0 Å². The number of fused-ring (bicyclic) bond motifs is 7. The summed E-state index contributed by atoms with van der Waals surface area (Å²) < 4.78 is 5.82. The molecule has 0 spiro atoms. The standard InChI is InChI=1S/C27H44O3/c1-16(2)7-6-8-17(3)20-11-12-21-19-10-9-18-15-23(28)24-27(29,30-24)26(18,5)22(19)13-14-25(20,21)4/h9,16-17,19-24,28-29H,6-8,10-15H2,1-5H3/t17-,19+,20-,21+,22+,23+,24?,25-,26+,27?/m1/s1.